The molecule has 0 aliphatic carbocycles. The Morgan fingerprint density at radius 3 is 2.00 bits per heavy atom. The fourth-order valence-electron chi connectivity index (χ4n) is 2.54. The molecule has 0 atom stereocenters. The average molecular weight is 357 g/mol. The minimum atomic E-state index is -0.644. The highest BCUT2D eigenvalue weighted by Crippen LogP contribution is 2.18. The van der Waals surface area contributed by atoms with Crippen LogP contribution in [0.15, 0.2) is 42.5 Å². The molecule has 0 heterocycles. The van der Waals surface area contributed by atoms with Crippen LogP contribution >= 0.6 is 0 Å². The number of amides is 3. The van der Waals surface area contributed by atoms with E-state index in [1.165, 1.54) is 29.3 Å². The monoisotopic (exact) mass is 357 g/mol. The van der Waals surface area contributed by atoms with Crippen molar-refractivity contribution in [3.8, 4) is 0 Å². The maximum absolute atomic E-state index is 13.0. The Labute approximate surface area is 153 Å². The summed E-state index contributed by atoms with van der Waals surface area (Å²) in [6, 6.07) is 10.4. The first kappa shape index (κ1) is 19.4. The molecule has 0 aliphatic rings. The Morgan fingerprint density at radius 2 is 1.50 bits per heavy atom. The van der Waals surface area contributed by atoms with Gasteiger partial charge in [0, 0.05) is 11.3 Å². The van der Waals surface area contributed by atoms with Crippen LogP contribution in [0.2, 0.25) is 0 Å². The smallest absolute Gasteiger partial charge is 0.307 e. The average Bonchev–Trinajstić information content (AvgIpc) is 2.52. The van der Waals surface area contributed by atoms with Crippen LogP contribution in [0.4, 0.5) is 14.9 Å². The molecule has 0 spiro atoms. The summed E-state index contributed by atoms with van der Waals surface area (Å²) in [5.74, 6) is -0.698. The Balaban J connectivity index is 2.20. The zero-order valence-corrected chi connectivity index (χ0v) is 15.7. The fraction of sp³-hybridized carbons (Fsp3) is 0.300. The molecule has 2 rings (SSSR count). The summed E-state index contributed by atoms with van der Waals surface area (Å²) in [4.78, 5) is 25.3. The summed E-state index contributed by atoms with van der Waals surface area (Å²) in [6.07, 6.45) is 0. The number of rotatable bonds is 2. The zero-order chi connectivity index (χ0) is 19.5. The summed E-state index contributed by atoms with van der Waals surface area (Å²) < 4.78 is 13.0. The standard InChI is InChI=1S/C20H24FN3O2/c1-13-10-14(2)12-15(11-13)18(25)24(20(3,4)5)23-19(26)22-17-8-6-16(21)7-9-17/h6-12H,1-5H3,(H2,22,23,26). The number of hydrogen-bond donors (Lipinski definition) is 2. The minimum absolute atomic E-state index is 0.307. The number of aryl methyl sites for hydroxylation is 2. The first-order valence-corrected chi connectivity index (χ1v) is 8.32. The third kappa shape index (κ3) is 5.05. The van der Waals surface area contributed by atoms with Gasteiger partial charge >= 0.3 is 6.03 Å². The molecule has 0 unspecified atom stereocenters. The topological polar surface area (TPSA) is 61.4 Å². The first-order chi connectivity index (χ1) is 12.1. The Bertz CT molecular complexity index is 791. The second kappa shape index (κ2) is 7.56. The summed E-state index contributed by atoms with van der Waals surface area (Å²) in [7, 11) is 0. The zero-order valence-electron chi connectivity index (χ0n) is 15.7. The molecule has 3 amide bonds. The highest BCUT2D eigenvalue weighted by molar-refractivity contribution is 5.97. The van der Waals surface area contributed by atoms with Crippen molar-refractivity contribution in [1.82, 2.24) is 10.4 Å². The molecular weight excluding hydrogens is 333 g/mol. The van der Waals surface area contributed by atoms with Crippen LogP contribution < -0.4 is 10.7 Å². The van der Waals surface area contributed by atoms with Crippen LogP contribution in [0.3, 0.4) is 0 Å². The van der Waals surface area contributed by atoms with Crippen LogP contribution in [0.25, 0.3) is 0 Å². The molecule has 0 radical (unpaired) electrons. The van der Waals surface area contributed by atoms with E-state index in [-0.39, 0.29) is 5.91 Å². The molecule has 0 aromatic heterocycles. The predicted octanol–water partition coefficient (Wildman–Crippen LogP) is 4.42. The van der Waals surface area contributed by atoms with Gasteiger partial charge in [0.2, 0.25) is 0 Å². The lowest BCUT2D eigenvalue weighted by Gasteiger charge is -2.35. The molecule has 0 saturated carbocycles. The predicted molar refractivity (Wildman–Crippen MR) is 100 cm³/mol. The van der Waals surface area contributed by atoms with E-state index in [4.69, 9.17) is 0 Å². The van der Waals surface area contributed by atoms with Crippen molar-refractivity contribution in [2.75, 3.05) is 5.32 Å². The van der Waals surface area contributed by atoms with Crippen molar-refractivity contribution >= 4 is 17.6 Å². The number of hydrogen-bond acceptors (Lipinski definition) is 2. The number of urea groups is 1. The highest BCUT2D eigenvalue weighted by atomic mass is 19.1. The van der Waals surface area contributed by atoms with Crippen molar-refractivity contribution in [2.24, 2.45) is 0 Å². The molecule has 0 bridgehead atoms. The maximum Gasteiger partial charge on any atom is 0.338 e. The van der Waals surface area contributed by atoms with Gasteiger partial charge in [-0.2, -0.15) is 0 Å². The van der Waals surface area contributed by atoms with E-state index in [1.807, 2.05) is 40.7 Å². The normalized spacial score (nSPS) is 11.0. The second-order valence-corrected chi connectivity index (χ2v) is 7.26. The Kier molecular flexibility index (Phi) is 5.65. The van der Waals surface area contributed by atoms with Gasteiger partial charge in [0.05, 0.1) is 5.54 Å². The van der Waals surface area contributed by atoms with E-state index in [0.717, 1.165) is 11.1 Å². The van der Waals surface area contributed by atoms with E-state index in [0.29, 0.717) is 11.3 Å². The molecule has 0 saturated heterocycles. The Morgan fingerprint density at radius 1 is 0.962 bits per heavy atom. The molecule has 2 N–H and O–H groups in total. The van der Waals surface area contributed by atoms with E-state index < -0.39 is 17.4 Å². The summed E-state index contributed by atoms with van der Waals surface area (Å²) >= 11 is 0. The maximum atomic E-state index is 13.0. The summed E-state index contributed by atoms with van der Waals surface area (Å²) in [6.45, 7) is 9.31. The largest absolute Gasteiger partial charge is 0.338 e. The molecule has 2 aromatic carbocycles. The van der Waals surface area contributed by atoms with Gasteiger partial charge in [0.15, 0.2) is 0 Å². The third-order valence-corrected chi connectivity index (χ3v) is 3.66. The van der Waals surface area contributed by atoms with Crippen molar-refractivity contribution in [2.45, 2.75) is 40.2 Å². The minimum Gasteiger partial charge on any atom is -0.307 e. The van der Waals surface area contributed by atoms with Crippen LogP contribution in [-0.4, -0.2) is 22.5 Å². The van der Waals surface area contributed by atoms with Crippen LogP contribution in [0.1, 0.15) is 42.3 Å². The lowest BCUT2D eigenvalue weighted by atomic mass is 10.0. The van der Waals surface area contributed by atoms with E-state index in [9.17, 15) is 14.0 Å². The van der Waals surface area contributed by atoms with Crippen molar-refractivity contribution in [1.29, 1.82) is 0 Å². The van der Waals surface area contributed by atoms with Gasteiger partial charge in [-0.05, 0) is 71.0 Å². The fourth-order valence-corrected chi connectivity index (χ4v) is 2.54. The number of anilines is 1. The summed E-state index contributed by atoms with van der Waals surface area (Å²) in [5, 5.41) is 3.88. The highest BCUT2D eigenvalue weighted by Gasteiger charge is 2.29. The molecule has 5 nitrogen and oxygen atoms in total. The van der Waals surface area contributed by atoms with E-state index >= 15 is 0 Å². The molecule has 138 valence electrons. The van der Waals surface area contributed by atoms with Crippen LogP contribution in [-0.2, 0) is 0 Å². The van der Waals surface area contributed by atoms with Gasteiger partial charge in [0.25, 0.3) is 5.91 Å². The van der Waals surface area contributed by atoms with Gasteiger partial charge in [0.1, 0.15) is 5.82 Å². The molecule has 0 fully saturated rings. The SMILES string of the molecule is Cc1cc(C)cc(C(=O)N(NC(=O)Nc2ccc(F)cc2)C(C)(C)C)c1. The van der Waals surface area contributed by atoms with E-state index in [1.54, 1.807) is 12.1 Å². The lowest BCUT2D eigenvalue weighted by Crippen LogP contribution is -2.56. The van der Waals surface area contributed by atoms with Gasteiger partial charge < -0.3 is 5.32 Å². The van der Waals surface area contributed by atoms with Crippen LogP contribution in [0, 0.1) is 19.7 Å². The van der Waals surface area contributed by atoms with Crippen LogP contribution in [0.5, 0.6) is 0 Å². The number of nitrogens with one attached hydrogen (secondary N) is 2. The van der Waals surface area contributed by atoms with Gasteiger partial charge in [-0.15, -0.1) is 0 Å². The van der Waals surface area contributed by atoms with Crippen molar-refractivity contribution < 1.29 is 14.0 Å². The second-order valence-electron chi connectivity index (χ2n) is 7.26. The number of carbonyl (C=O) groups excluding carboxylic acids is 2. The molecule has 26 heavy (non-hydrogen) atoms. The summed E-state index contributed by atoms with van der Waals surface area (Å²) in [5.41, 5.74) is 4.82. The number of nitrogens with zero attached hydrogens (tertiary/aromatic N) is 1. The van der Waals surface area contributed by atoms with Crippen molar-refractivity contribution in [3.05, 3.63) is 65.0 Å². The number of halogens is 1. The van der Waals surface area contributed by atoms with Gasteiger partial charge in [-0.3, -0.25) is 4.79 Å². The molecule has 2 aromatic rings. The van der Waals surface area contributed by atoms with Crippen molar-refractivity contribution in [3.63, 3.8) is 0 Å². The van der Waals surface area contributed by atoms with Gasteiger partial charge in [-0.1, -0.05) is 17.2 Å². The molecule has 6 heteroatoms. The lowest BCUT2D eigenvalue weighted by molar-refractivity contribution is 0.0460. The quantitative estimate of drug-likeness (QED) is 0.782. The first-order valence-electron chi connectivity index (χ1n) is 8.32. The number of benzene rings is 2. The Hall–Kier alpha value is -2.89. The number of carbonyl (C=O) groups is 2. The van der Waals surface area contributed by atoms with E-state index in [2.05, 4.69) is 10.7 Å². The molecular formula is C20H24FN3O2. The third-order valence-electron chi connectivity index (χ3n) is 3.66. The molecule has 0 aliphatic heterocycles. The van der Waals surface area contributed by atoms with Gasteiger partial charge in [-0.25, -0.2) is 19.6 Å². The number of hydrazine groups is 1.